The summed E-state index contributed by atoms with van der Waals surface area (Å²) >= 11 is 0. The first-order valence-corrected chi connectivity index (χ1v) is 7.85. The summed E-state index contributed by atoms with van der Waals surface area (Å²) < 4.78 is 13.5. The lowest BCUT2D eigenvalue weighted by Gasteiger charge is -2.27. The average Bonchev–Trinajstić information content (AvgIpc) is 2.99. The second-order valence-electron chi connectivity index (χ2n) is 5.77. The summed E-state index contributed by atoms with van der Waals surface area (Å²) in [5.74, 6) is -0.538. The molecule has 1 aromatic carbocycles. The zero-order chi connectivity index (χ0) is 15.9. The topological polar surface area (TPSA) is 49.4 Å². The number of benzene rings is 1. The molecular weight excluding hydrogens is 283 g/mol. The van der Waals surface area contributed by atoms with Gasteiger partial charge in [0.2, 0.25) is 11.8 Å². The van der Waals surface area contributed by atoms with Gasteiger partial charge in [-0.3, -0.25) is 9.59 Å². The lowest BCUT2D eigenvalue weighted by molar-refractivity contribution is -0.131. The first kappa shape index (κ1) is 16.5. The van der Waals surface area contributed by atoms with Crippen LogP contribution in [0.3, 0.4) is 0 Å². The summed E-state index contributed by atoms with van der Waals surface area (Å²) in [6.07, 6.45) is 4.43. The Hall–Kier alpha value is -1.91. The highest BCUT2D eigenvalue weighted by molar-refractivity contribution is 5.78. The second-order valence-corrected chi connectivity index (χ2v) is 5.77. The maximum atomic E-state index is 13.5. The summed E-state index contributed by atoms with van der Waals surface area (Å²) in [4.78, 5) is 25.4. The van der Waals surface area contributed by atoms with Crippen LogP contribution in [-0.4, -0.2) is 35.8 Å². The van der Waals surface area contributed by atoms with E-state index >= 15 is 0 Å². The molecule has 4 nitrogen and oxygen atoms in total. The van der Waals surface area contributed by atoms with E-state index in [0.717, 1.165) is 25.7 Å². The van der Waals surface area contributed by atoms with Crippen molar-refractivity contribution < 1.29 is 14.0 Å². The van der Waals surface area contributed by atoms with E-state index in [4.69, 9.17) is 0 Å². The molecule has 1 N–H and O–H groups in total. The number of nitrogens with zero attached hydrogens (tertiary/aromatic N) is 1. The van der Waals surface area contributed by atoms with E-state index in [1.807, 2.05) is 4.90 Å². The fraction of sp³-hybridized carbons (Fsp3) is 0.529. The van der Waals surface area contributed by atoms with E-state index in [0.29, 0.717) is 24.7 Å². The van der Waals surface area contributed by atoms with Gasteiger partial charge in [-0.2, -0.15) is 0 Å². The monoisotopic (exact) mass is 306 g/mol. The van der Waals surface area contributed by atoms with E-state index in [2.05, 4.69) is 5.32 Å². The van der Waals surface area contributed by atoms with Gasteiger partial charge in [-0.15, -0.1) is 0 Å². The highest BCUT2D eigenvalue weighted by atomic mass is 19.1. The van der Waals surface area contributed by atoms with Crippen molar-refractivity contribution in [2.45, 2.75) is 45.1 Å². The van der Waals surface area contributed by atoms with Crippen molar-refractivity contribution in [2.24, 2.45) is 0 Å². The third kappa shape index (κ3) is 4.55. The maximum Gasteiger partial charge on any atom is 0.224 e. The molecule has 0 heterocycles. The van der Waals surface area contributed by atoms with Gasteiger partial charge < -0.3 is 10.2 Å². The van der Waals surface area contributed by atoms with Crippen LogP contribution in [0.15, 0.2) is 24.3 Å². The maximum absolute atomic E-state index is 13.5. The molecule has 0 bridgehead atoms. The van der Waals surface area contributed by atoms with E-state index < -0.39 is 0 Å². The van der Waals surface area contributed by atoms with Crippen LogP contribution >= 0.6 is 0 Å². The highest BCUT2D eigenvalue weighted by Gasteiger charge is 2.24. The van der Waals surface area contributed by atoms with Gasteiger partial charge in [0.15, 0.2) is 0 Å². The van der Waals surface area contributed by atoms with Crippen LogP contribution in [0.5, 0.6) is 0 Å². The predicted octanol–water partition coefficient (Wildman–Crippen LogP) is 2.28. The smallest absolute Gasteiger partial charge is 0.224 e. The minimum absolute atomic E-state index is 0.0240. The number of hydrogen-bond donors (Lipinski definition) is 1. The van der Waals surface area contributed by atoms with E-state index in [1.165, 1.54) is 6.07 Å². The molecule has 2 rings (SSSR count). The van der Waals surface area contributed by atoms with Gasteiger partial charge in [0.1, 0.15) is 5.82 Å². The zero-order valence-corrected chi connectivity index (χ0v) is 13.0. The summed E-state index contributed by atoms with van der Waals surface area (Å²) in [6.45, 7) is 2.49. The molecule has 1 aliphatic carbocycles. The van der Waals surface area contributed by atoms with Crippen molar-refractivity contribution in [2.75, 3.05) is 13.1 Å². The third-order valence-corrected chi connectivity index (χ3v) is 4.15. The van der Waals surface area contributed by atoms with Crippen molar-refractivity contribution in [3.63, 3.8) is 0 Å². The highest BCUT2D eigenvalue weighted by Crippen LogP contribution is 2.23. The normalized spacial score (nSPS) is 14.8. The van der Waals surface area contributed by atoms with Gasteiger partial charge in [-0.05, 0) is 24.5 Å². The van der Waals surface area contributed by atoms with Gasteiger partial charge in [0.05, 0.1) is 6.42 Å². The molecule has 5 heteroatoms. The van der Waals surface area contributed by atoms with Crippen molar-refractivity contribution in [1.82, 2.24) is 10.2 Å². The number of rotatable bonds is 6. The Morgan fingerprint density at radius 3 is 2.59 bits per heavy atom. The van der Waals surface area contributed by atoms with Crippen molar-refractivity contribution in [3.05, 3.63) is 35.6 Å². The first-order valence-electron chi connectivity index (χ1n) is 7.85. The minimum atomic E-state index is -0.367. The standard InChI is InChI=1S/C17H23FN2O2/c1-13(21)20(15-7-3-4-8-15)11-10-19-17(22)12-14-6-2-5-9-16(14)18/h2,5-6,9,15H,3-4,7-8,10-12H2,1H3,(H,19,22). The fourth-order valence-electron chi connectivity index (χ4n) is 3.01. The molecule has 0 atom stereocenters. The van der Waals surface area contributed by atoms with Crippen molar-refractivity contribution in [1.29, 1.82) is 0 Å². The molecule has 0 saturated heterocycles. The summed E-state index contributed by atoms with van der Waals surface area (Å²) in [7, 11) is 0. The Bertz CT molecular complexity index is 527. The number of carbonyl (C=O) groups is 2. The lowest BCUT2D eigenvalue weighted by Crippen LogP contribution is -2.42. The third-order valence-electron chi connectivity index (χ3n) is 4.15. The molecule has 0 radical (unpaired) electrons. The van der Waals surface area contributed by atoms with Crippen molar-refractivity contribution >= 4 is 11.8 Å². The molecule has 1 aliphatic rings. The Balaban J connectivity index is 1.78. The predicted molar refractivity (Wildman–Crippen MR) is 82.8 cm³/mol. The first-order chi connectivity index (χ1) is 10.6. The Kier molecular flexibility index (Phi) is 5.92. The Labute approximate surface area is 130 Å². The zero-order valence-electron chi connectivity index (χ0n) is 13.0. The minimum Gasteiger partial charge on any atom is -0.354 e. The van der Waals surface area contributed by atoms with Gasteiger partial charge in [0.25, 0.3) is 0 Å². The fourth-order valence-corrected chi connectivity index (χ4v) is 3.01. The summed E-state index contributed by atoms with van der Waals surface area (Å²) in [6, 6.07) is 6.57. The van der Waals surface area contributed by atoms with Crippen LogP contribution in [-0.2, 0) is 16.0 Å². The molecule has 2 amide bonds. The molecular formula is C17H23FN2O2. The Morgan fingerprint density at radius 1 is 1.27 bits per heavy atom. The number of nitrogens with one attached hydrogen (secondary N) is 1. The van der Waals surface area contributed by atoms with Gasteiger partial charge in [0, 0.05) is 26.1 Å². The van der Waals surface area contributed by atoms with Crippen LogP contribution in [0.4, 0.5) is 4.39 Å². The van der Waals surface area contributed by atoms with Gasteiger partial charge in [-0.25, -0.2) is 4.39 Å². The van der Waals surface area contributed by atoms with E-state index in [1.54, 1.807) is 25.1 Å². The molecule has 0 aromatic heterocycles. The van der Waals surface area contributed by atoms with Crippen molar-refractivity contribution in [3.8, 4) is 0 Å². The number of carbonyl (C=O) groups excluding carboxylic acids is 2. The number of amides is 2. The lowest BCUT2D eigenvalue weighted by atomic mass is 10.1. The molecule has 1 saturated carbocycles. The number of halogens is 1. The quantitative estimate of drug-likeness (QED) is 0.876. The molecule has 1 fully saturated rings. The molecule has 1 aromatic rings. The molecule has 0 unspecified atom stereocenters. The number of hydrogen-bond acceptors (Lipinski definition) is 2. The van der Waals surface area contributed by atoms with E-state index in [9.17, 15) is 14.0 Å². The van der Waals surface area contributed by atoms with Gasteiger partial charge in [-0.1, -0.05) is 31.0 Å². The van der Waals surface area contributed by atoms with Gasteiger partial charge >= 0.3 is 0 Å². The van der Waals surface area contributed by atoms with Crippen LogP contribution in [0.1, 0.15) is 38.2 Å². The van der Waals surface area contributed by atoms with E-state index in [-0.39, 0.29) is 24.1 Å². The van der Waals surface area contributed by atoms with Crippen LogP contribution in [0, 0.1) is 5.82 Å². The molecule has 0 spiro atoms. The summed E-state index contributed by atoms with van der Waals surface area (Å²) in [5, 5.41) is 2.77. The van der Waals surface area contributed by atoms with Crippen LogP contribution in [0.2, 0.25) is 0 Å². The molecule has 22 heavy (non-hydrogen) atoms. The largest absolute Gasteiger partial charge is 0.354 e. The average molecular weight is 306 g/mol. The second kappa shape index (κ2) is 7.92. The SMILES string of the molecule is CC(=O)N(CCNC(=O)Cc1ccccc1F)C1CCCC1. The van der Waals surface area contributed by atoms with Crippen LogP contribution < -0.4 is 5.32 Å². The van der Waals surface area contributed by atoms with Crippen LogP contribution in [0.25, 0.3) is 0 Å². The Morgan fingerprint density at radius 2 is 1.95 bits per heavy atom. The molecule has 0 aliphatic heterocycles. The molecule has 120 valence electrons. The summed E-state index contributed by atoms with van der Waals surface area (Å²) in [5.41, 5.74) is 0.388.